The summed E-state index contributed by atoms with van der Waals surface area (Å²) >= 11 is 0. The molecule has 2 heterocycles. The van der Waals surface area contributed by atoms with Crippen molar-refractivity contribution in [3.63, 3.8) is 0 Å². The Morgan fingerprint density at radius 3 is 2.55 bits per heavy atom. The molecule has 0 bridgehead atoms. The van der Waals surface area contributed by atoms with Crippen LogP contribution in [0.4, 0.5) is 4.39 Å². The lowest BCUT2D eigenvalue weighted by Crippen LogP contribution is -2.47. The molecule has 0 unspecified atom stereocenters. The maximum absolute atomic E-state index is 13.7. The highest BCUT2D eigenvalue weighted by Gasteiger charge is 2.45. The Labute approximate surface area is 192 Å². The van der Waals surface area contributed by atoms with Crippen LogP contribution in [0.3, 0.4) is 0 Å². The second-order valence-corrected chi connectivity index (χ2v) is 10.1. The van der Waals surface area contributed by atoms with Crippen LogP contribution in [0.25, 0.3) is 0 Å². The Hall–Kier alpha value is -2.98. The highest BCUT2D eigenvalue weighted by molar-refractivity contribution is 7.89. The zero-order valence-corrected chi connectivity index (χ0v) is 19.1. The molecule has 2 aromatic carbocycles. The normalized spacial score (nSPS) is 17.9. The molecule has 0 saturated carbocycles. The van der Waals surface area contributed by atoms with Crippen LogP contribution in [-0.4, -0.2) is 56.7 Å². The van der Waals surface area contributed by atoms with Crippen molar-refractivity contribution in [2.45, 2.75) is 36.2 Å². The van der Waals surface area contributed by atoms with Crippen molar-refractivity contribution < 1.29 is 27.2 Å². The van der Waals surface area contributed by atoms with Gasteiger partial charge in [-0.25, -0.2) is 12.8 Å². The second-order valence-electron chi connectivity index (χ2n) is 8.17. The zero-order valence-electron chi connectivity index (χ0n) is 18.3. The van der Waals surface area contributed by atoms with Crippen molar-refractivity contribution in [1.82, 2.24) is 9.62 Å². The number of nitrogens with zero attached hydrogens (tertiary/aromatic N) is 2. The molecule has 0 radical (unpaired) electrons. The Bertz CT molecular complexity index is 1140. The molecule has 2 aromatic rings. The van der Waals surface area contributed by atoms with Crippen LogP contribution in [0.2, 0.25) is 0 Å². The van der Waals surface area contributed by atoms with Gasteiger partial charge in [0.15, 0.2) is 0 Å². The molecule has 0 atom stereocenters. The molecule has 0 aromatic heterocycles. The number of piperidine rings is 1. The van der Waals surface area contributed by atoms with Crippen molar-refractivity contribution in [3.8, 4) is 5.75 Å². The van der Waals surface area contributed by atoms with Crippen LogP contribution in [0.15, 0.2) is 58.6 Å². The summed E-state index contributed by atoms with van der Waals surface area (Å²) < 4.78 is 46.1. The van der Waals surface area contributed by atoms with E-state index in [0.29, 0.717) is 37.0 Å². The highest BCUT2D eigenvalue weighted by Crippen LogP contribution is 2.36. The highest BCUT2D eigenvalue weighted by atomic mass is 32.2. The summed E-state index contributed by atoms with van der Waals surface area (Å²) in [6.45, 7) is 0.817. The standard InChI is InChI=1S/C23H26FN3O5S/c1-31-18-6-8-19(9-7-18)33(29,30)27-14-11-23(12-15-27)16-21(26-32-23)22(28)25-13-10-17-4-2-3-5-20(17)24/h2-9H,10-16H2,1H3,(H,25,28). The third-order valence-electron chi connectivity index (χ3n) is 6.07. The van der Waals surface area contributed by atoms with E-state index in [4.69, 9.17) is 9.57 Å². The van der Waals surface area contributed by atoms with Gasteiger partial charge in [-0.1, -0.05) is 23.4 Å². The monoisotopic (exact) mass is 475 g/mol. The van der Waals surface area contributed by atoms with Crippen molar-refractivity contribution in [2.24, 2.45) is 5.16 Å². The first kappa shape index (κ1) is 23.2. The van der Waals surface area contributed by atoms with Gasteiger partial charge in [0.1, 0.15) is 22.9 Å². The molecule has 1 spiro atoms. The first-order chi connectivity index (χ1) is 15.8. The summed E-state index contributed by atoms with van der Waals surface area (Å²) in [6, 6.07) is 12.7. The van der Waals surface area contributed by atoms with Crippen LogP contribution >= 0.6 is 0 Å². The number of halogens is 1. The minimum Gasteiger partial charge on any atom is -0.497 e. The van der Waals surface area contributed by atoms with Crippen molar-refractivity contribution in [1.29, 1.82) is 0 Å². The predicted octanol–water partition coefficient (Wildman–Crippen LogP) is 2.49. The number of rotatable bonds is 7. The molecule has 176 valence electrons. The Kier molecular flexibility index (Phi) is 6.66. The van der Waals surface area contributed by atoms with E-state index in [2.05, 4.69) is 10.5 Å². The lowest BCUT2D eigenvalue weighted by Gasteiger charge is -2.36. The van der Waals surface area contributed by atoms with Gasteiger partial charge in [0, 0.05) is 38.9 Å². The number of hydrogen-bond donors (Lipinski definition) is 1. The second kappa shape index (κ2) is 9.48. The van der Waals surface area contributed by atoms with Crippen molar-refractivity contribution >= 4 is 21.6 Å². The number of carbonyl (C=O) groups excluding carboxylic acids is 1. The fourth-order valence-electron chi connectivity index (χ4n) is 4.06. The van der Waals surface area contributed by atoms with Gasteiger partial charge in [0.25, 0.3) is 5.91 Å². The molecule has 0 aliphatic carbocycles. The molecule has 1 N–H and O–H groups in total. The van der Waals surface area contributed by atoms with E-state index in [0.717, 1.165) is 0 Å². The summed E-state index contributed by atoms with van der Waals surface area (Å²) in [4.78, 5) is 18.3. The Balaban J connectivity index is 1.29. The van der Waals surface area contributed by atoms with E-state index in [9.17, 15) is 17.6 Å². The Morgan fingerprint density at radius 2 is 1.88 bits per heavy atom. The number of methoxy groups -OCH3 is 1. The van der Waals surface area contributed by atoms with Crippen molar-refractivity contribution in [3.05, 3.63) is 59.9 Å². The van der Waals surface area contributed by atoms with Crippen molar-refractivity contribution in [2.75, 3.05) is 26.7 Å². The molecular weight excluding hydrogens is 449 g/mol. The quantitative estimate of drug-likeness (QED) is 0.664. The van der Waals surface area contributed by atoms with Gasteiger partial charge in [-0.3, -0.25) is 4.79 Å². The summed E-state index contributed by atoms with van der Waals surface area (Å²) in [7, 11) is -2.11. The van der Waals surface area contributed by atoms with E-state index in [1.54, 1.807) is 30.3 Å². The molecule has 1 saturated heterocycles. The molecule has 1 amide bonds. The maximum Gasteiger partial charge on any atom is 0.269 e. The number of ether oxygens (including phenoxy) is 1. The fourth-order valence-corrected chi connectivity index (χ4v) is 5.50. The number of nitrogens with one attached hydrogen (secondary N) is 1. The van der Waals surface area contributed by atoms with Gasteiger partial charge in [0.2, 0.25) is 10.0 Å². The van der Waals surface area contributed by atoms with E-state index >= 15 is 0 Å². The first-order valence-electron chi connectivity index (χ1n) is 10.7. The number of hydrogen-bond acceptors (Lipinski definition) is 6. The van der Waals surface area contributed by atoms with Gasteiger partial charge in [-0.15, -0.1) is 0 Å². The molecule has 1 fully saturated rings. The molecular formula is C23H26FN3O5S. The molecule has 4 rings (SSSR count). The topological polar surface area (TPSA) is 97.3 Å². The van der Waals surface area contributed by atoms with Gasteiger partial charge in [0.05, 0.1) is 12.0 Å². The lowest BCUT2D eigenvalue weighted by atomic mass is 9.87. The molecule has 2 aliphatic heterocycles. The number of benzene rings is 2. The largest absolute Gasteiger partial charge is 0.497 e. The number of oxime groups is 1. The average Bonchev–Trinajstić information content (AvgIpc) is 3.24. The van der Waals surface area contributed by atoms with Crippen LogP contribution in [0.5, 0.6) is 5.75 Å². The summed E-state index contributed by atoms with van der Waals surface area (Å²) in [6.07, 6.45) is 1.54. The summed E-state index contributed by atoms with van der Waals surface area (Å²) in [5, 5.41) is 6.72. The molecule has 33 heavy (non-hydrogen) atoms. The molecule has 10 heteroatoms. The smallest absolute Gasteiger partial charge is 0.269 e. The van der Waals surface area contributed by atoms with Gasteiger partial charge in [-0.05, 0) is 42.3 Å². The van der Waals surface area contributed by atoms with Gasteiger partial charge < -0.3 is 14.9 Å². The number of amides is 1. The van der Waals surface area contributed by atoms with Crippen LogP contribution in [0, 0.1) is 5.82 Å². The third kappa shape index (κ3) is 5.01. The first-order valence-corrected chi connectivity index (χ1v) is 12.2. The fraction of sp³-hybridized carbons (Fsp3) is 0.391. The van der Waals surface area contributed by atoms with E-state index in [1.807, 2.05) is 0 Å². The summed E-state index contributed by atoms with van der Waals surface area (Å²) in [5.41, 5.74) is 0.128. The van der Waals surface area contributed by atoms with E-state index < -0.39 is 15.6 Å². The predicted molar refractivity (Wildman–Crippen MR) is 120 cm³/mol. The minimum absolute atomic E-state index is 0.206. The third-order valence-corrected chi connectivity index (χ3v) is 7.98. The SMILES string of the molecule is COc1ccc(S(=O)(=O)N2CCC3(CC2)CC(C(=O)NCCc2ccccc2F)=NO3)cc1. The lowest BCUT2D eigenvalue weighted by molar-refractivity contribution is -0.114. The Morgan fingerprint density at radius 1 is 1.18 bits per heavy atom. The molecule has 8 nitrogen and oxygen atoms in total. The van der Waals surface area contributed by atoms with Crippen LogP contribution in [-0.2, 0) is 26.1 Å². The number of carbonyl (C=O) groups is 1. The van der Waals surface area contributed by atoms with Gasteiger partial charge in [-0.2, -0.15) is 4.31 Å². The van der Waals surface area contributed by atoms with E-state index in [-0.39, 0.29) is 42.0 Å². The minimum atomic E-state index is -3.63. The molecule has 2 aliphatic rings. The maximum atomic E-state index is 13.7. The van der Waals surface area contributed by atoms with Crippen LogP contribution in [0.1, 0.15) is 24.8 Å². The number of sulfonamides is 1. The van der Waals surface area contributed by atoms with E-state index in [1.165, 1.54) is 29.6 Å². The average molecular weight is 476 g/mol. The van der Waals surface area contributed by atoms with Gasteiger partial charge >= 0.3 is 0 Å². The summed E-state index contributed by atoms with van der Waals surface area (Å²) in [5.74, 6) is -0.0668. The zero-order chi connectivity index (χ0) is 23.5. The van der Waals surface area contributed by atoms with Crippen LogP contribution < -0.4 is 10.1 Å².